The Morgan fingerprint density at radius 2 is 1.86 bits per heavy atom. The van der Waals surface area contributed by atoms with Gasteiger partial charge in [0.25, 0.3) is 5.92 Å². The van der Waals surface area contributed by atoms with Crippen molar-refractivity contribution in [2.45, 2.75) is 25.7 Å². The minimum atomic E-state index is -3.26. The quantitative estimate of drug-likeness (QED) is 0.826. The van der Waals surface area contributed by atoms with Crippen molar-refractivity contribution in [3.63, 3.8) is 0 Å². The first-order valence-corrected chi connectivity index (χ1v) is 6.60. The SMILES string of the molecule is COc1cc(Cl)c(C(F)(F)CC(C)CC(=O)O)cc1OC. The molecule has 1 N–H and O–H groups in total. The van der Waals surface area contributed by atoms with Gasteiger partial charge >= 0.3 is 5.97 Å². The van der Waals surface area contributed by atoms with Crippen molar-refractivity contribution in [1.29, 1.82) is 0 Å². The smallest absolute Gasteiger partial charge is 0.303 e. The molecule has 118 valence electrons. The molecule has 4 nitrogen and oxygen atoms in total. The Hall–Kier alpha value is -1.56. The molecule has 0 saturated carbocycles. The fraction of sp³-hybridized carbons (Fsp3) is 0.500. The van der Waals surface area contributed by atoms with E-state index in [1.54, 1.807) is 0 Å². The van der Waals surface area contributed by atoms with Gasteiger partial charge in [0.15, 0.2) is 11.5 Å². The van der Waals surface area contributed by atoms with Crippen LogP contribution in [-0.2, 0) is 10.7 Å². The number of carbonyl (C=O) groups is 1. The predicted octanol–water partition coefficient (Wildman–Crippen LogP) is 3.95. The summed E-state index contributed by atoms with van der Waals surface area (Å²) in [5, 5.41) is 8.50. The number of methoxy groups -OCH3 is 2. The molecule has 1 aromatic carbocycles. The summed E-state index contributed by atoms with van der Waals surface area (Å²) in [6.07, 6.45) is -0.949. The summed E-state index contributed by atoms with van der Waals surface area (Å²) < 4.78 is 38.6. The molecule has 0 amide bonds. The van der Waals surface area contributed by atoms with E-state index in [0.717, 1.165) is 6.07 Å². The normalized spacial score (nSPS) is 12.9. The summed E-state index contributed by atoms with van der Waals surface area (Å²) in [5.41, 5.74) is -0.404. The van der Waals surface area contributed by atoms with Crippen molar-refractivity contribution in [3.05, 3.63) is 22.7 Å². The molecule has 0 spiro atoms. The number of carboxylic acids is 1. The molecule has 1 aromatic rings. The van der Waals surface area contributed by atoms with Crippen molar-refractivity contribution in [2.75, 3.05) is 14.2 Å². The average molecular weight is 323 g/mol. The number of hydrogen-bond donors (Lipinski definition) is 1. The van der Waals surface area contributed by atoms with Crippen LogP contribution in [0.1, 0.15) is 25.3 Å². The highest BCUT2D eigenvalue weighted by atomic mass is 35.5. The fourth-order valence-corrected chi connectivity index (χ4v) is 2.34. The van der Waals surface area contributed by atoms with E-state index in [4.69, 9.17) is 26.2 Å². The van der Waals surface area contributed by atoms with E-state index < -0.39 is 29.8 Å². The molecule has 0 aliphatic carbocycles. The van der Waals surface area contributed by atoms with Crippen molar-refractivity contribution >= 4 is 17.6 Å². The molecule has 0 radical (unpaired) electrons. The van der Waals surface area contributed by atoms with Gasteiger partial charge in [0.1, 0.15) is 0 Å². The highest BCUT2D eigenvalue weighted by Gasteiger charge is 2.37. The van der Waals surface area contributed by atoms with Gasteiger partial charge in [0, 0.05) is 24.5 Å². The van der Waals surface area contributed by atoms with Crippen LogP contribution in [0.2, 0.25) is 5.02 Å². The number of ether oxygens (including phenoxy) is 2. The minimum Gasteiger partial charge on any atom is -0.493 e. The van der Waals surface area contributed by atoms with Crippen molar-refractivity contribution < 1.29 is 28.2 Å². The molecule has 1 atom stereocenters. The van der Waals surface area contributed by atoms with Gasteiger partial charge in [0.05, 0.1) is 19.2 Å². The molecule has 1 rings (SSSR count). The van der Waals surface area contributed by atoms with E-state index in [1.807, 2.05) is 0 Å². The highest BCUT2D eigenvalue weighted by Crippen LogP contribution is 2.43. The lowest BCUT2D eigenvalue weighted by Crippen LogP contribution is -2.20. The maximum Gasteiger partial charge on any atom is 0.303 e. The third-order valence-electron chi connectivity index (χ3n) is 3.00. The summed E-state index contributed by atoms with van der Waals surface area (Å²) >= 11 is 5.88. The van der Waals surface area contributed by atoms with Gasteiger partial charge < -0.3 is 14.6 Å². The Labute approximate surface area is 126 Å². The third kappa shape index (κ3) is 4.46. The second-order valence-electron chi connectivity index (χ2n) is 4.80. The second-order valence-corrected chi connectivity index (χ2v) is 5.21. The Morgan fingerprint density at radius 1 is 1.33 bits per heavy atom. The molecular weight excluding hydrogens is 306 g/mol. The largest absolute Gasteiger partial charge is 0.493 e. The van der Waals surface area contributed by atoms with Crippen LogP contribution < -0.4 is 9.47 Å². The monoisotopic (exact) mass is 322 g/mol. The fourth-order valence-electron chi connectivity index (χ4n) is 2.05. The Bertz CT molecular complexity index is 520. The summed E-state index contributed by atoms with van der Waals surface area (Å²) in [4.78, 5) is 10.6. The van der Waals surface area contributed by atoms with Crippen LogP contribution in [-0.4, -0.2) is 25.3 Å². The van der Waals surface area contributed by atoms with E-state index in [9.17, 15) is 13.6 Å². The van der Waals surface area contributed by atoms with E-state index in [0.29, 0.717) is 0 Å². The topological polar surface area (TPSA) is 55.8 Å². The molecule has 0 saturated heterocycles. The number of carboxylic acid groups (broad SMARTS) is 1. The highest BCUT2D eigenvalue weighted by molar-refractivity contribution is 6.31. The van der Waals surface area contributed by atoms with Crippen molar-refractivity contribution in [1.82, 2.24) is 0 Å². The lowest BCUT2D eigenvalue weighted by atomic mass is 9.94. The van der Waals surface area contributed by atoms with Crippen LogP contribution >= 0.6 is 11.6 Å². The van der Waals surface area contributed by atoms with Crippen molar-refractivity contribution in [3.8, 4) is 11.5 Å². The number of aliphatic carboxylic acids is 1. The molecule has 1 unspecified atom stereocenters. The van der Waals surface area contributed by atoms with Crippen LogP contribution in [0.4, 0.5) is 8.78 Å². The standard InChI is InChI=1S/C14H17ClF2O4/c1-8(4-13(18)19)7-14(16,17)9-5-11(20-2)12(21-3)6-10(9)15/h5-6,8H,4,7H2,1-3H3,(H,18,19). The number of halogens is 3. The molecule has 0 bridgehead atoms. The minimum absolute atomic E-state index is 0.141. The molecule has 7 heteroatoms. The van der Waals surface area contributed by atoms with Gasteiger partial charge in [-0.2, -0.15) is 0 Å². The zero-order valence-corrected chi connectivity index (χ0v) is 12.7. The van der Waals surface area contributed by atoms with Crippen LogP contribution in [0, 0.1) is 5.92 Å². The predicted molar refractivity (Wildman–Crippen MR) is 74.5 cm³/mol. The lowest BCUT2D eigenvalue weighted by Gasteiger charge is -2.22. The molecule has 0 aromatic heterocycles. The Balaban J connectivity index is 3.09. The molecule has 0 fully saturated rings. The van der Waals surface area contributed by atoms with E-state index in [1.165, 1.54) is 27.2 Å². The Morgan fingerprint density at radius 3 is 2.33 bits per heavy atom. The van der Waals surface area contributed by atoms with Crippen LogP contribution in [0.3, 0.4) is 0 Å². The number of rotatable bonds is 7. The first-order chi connectivity index (χ1) is 9.71. The number of alkyl halides is 2. The Kier molecular flexibility index (Phi) is 5.78. The van der Waals surface area contributed by atoms with Crippen molar-refractivity contribution in [2.24, 2.45) is 5.92 Å². The summed E-state index contributed by atoms with van der Waals surface area (Å²) in [6, 6.07) is 2.38. The van der Waals surface area contributed by atoms with Crippen LogP contribution in [0.25, 0.3) is 0 Å². The second kappa shape index (κ2) is 6.93. The molecule has 0 aliphatic heterocycles. The van der Waals surface area contributed by atoms with Gasteiger partial charge in [-0.25, -0.2) is 8.78 Å². The first-order valence-electron chi connectivity index (χ1n) is 6.23. The van der Waals surface area contributed by atoms with Crippen LogP contribution in [0.5, 0.6) is 11.5 Å². The van der Waals surface area contributed by atoms with Gasteiger partial charge in [-0.15, -0.1) is 0 Å². The van der Waals surface area contributed by atoms with Gasteiger partial charge in [-0.1, -0.05) is 18.5 Å². The van der Waals surface area contributed by atoms with E-state index in [2.05, 4.69) is 0 Å². The number of benzene rings is 1. The first kappa shape index (κ1) is 17.5. The zero-order valence-electron chi connectivity index (χ0n) is 12.0. The zero-order chi connectivity index (χ0) is 16.2. The molecule has 0 heterocycles. The van der Waals surface area contributed by atoms with Gasteiger partial charge in [-0.3, -0.25) is 4.79 Å². The van der Waals surface area contributed by atoms with E-state index in [-0.39, 0.29) is 22.9 Å². The maximum atomic E-state index is 14.3. The summed E-state index contributed by atoms with van der Waals surface area (Å²) in [5.74, 6) is -4.67. The third-order valence-corrected chi connectivity index (χ3v) is 3.31. The van der Waals surface area contributed by atoms with Gasteiger partial charge in [-0.05, 0) is 12.0 Å². The van der Waals surface area contributed by atoms with Crippen LogP contribution in [0.15, 0.2) is 12.1 Å². The number of hydrogen-bond acceptors (Lipinski definition) is 3. The van der Waals surface area contributed by atoms with E-state index >= 15 is 0 Å². The molecule has 0 aliphatic rings. The lowest BCUT2D eigenvalue weighted by molar-refractivity contribution is -0.138. The summed E-state index contributed by atoms with van der Waals surface area (Å²) in [7, 11) is 2.71. The summed E-state index contributed by atoms with van der Waals surface area (Å²) in [6.45, 7) is 1.46. The average Bonchev–Trinajstić information content (AvgIpc) is 2.36. The van der Waals surface area contributed by atoms with Gasteiger partial charge in [0.2, 0.25) is 0 Å². The molecular formula is C14H17ClF2O4. The molecule has 21 heavy (non-hydrogen) atoms. The maximum absolute atomic E-state index is 14.3.